The standard InChI is InChI=1S/C34H27ClNOPS/c1-26-17-19-27(20-18-26)34(37)36-33(25-39-32-23-21-28(35)22-24-32)38(29-11-5-2-6-12-29,30-13-7-3-8-14-30)31-15-9-4-10-16-31/h2-25H,1H3/p+1/b33-25-. The van der Waals surface area contributed by atoms with Crippen molar-refractivity contribution in [2.75, 3.05) is 0 Å². The molecule has 0 aliphatic carbocycles. The monoisotopic (exact) mass is 564 g/mol. The second kappa shape index (κ2) is 12.5. The number of nitrogens with one attached hydrogen (secondary N) is 1. The zero-order valence-electron chi connectivity index (χ0n) is 21.5. The van der Waals surface area contributed by atoms with E-state index in [9.17, 15) is 4.79 Å². The fourth-order valence-corrected chi connectivity index (χ4v) is 9.91. The van der Waals surface area contributed by atoms with Crippen LogP contribution >= 0.6 is 30.6 Å². The number of thioether (sulfide) groups is 1. The van der Waals surface area contributed by atoms with Crippen molar-refractivity contribution in [2.24, 2.45) is 0 Å². The summed E-state index contributed by atoms with van der Waals surface area (Å²) in [5, 5.41) is 9.68. The largest absolute Gasteiger partial charge is 0.291 e. The van der Waals surface area contributed by atoms with Crippen molar-refractivity contribution < 1.29 is 4.79 Å². The lowest BCUT2D eigenvalue weighted by Crippen LogP contribution is -2.38. The topological polar surface area (TPSA) is 29.1 Å². The second-order valence-electron chi connectivity index (χ2n) is 9.07. The van der Waals surface area contributed by atoms with Gasteiger partial charge in [-0.1, -0.05) is 95.7 Å². The summed E-state index contributed by atoms with van der Waals surface area (Å²) < 4.78 is 0. The normalized spacial score (nSPS) is 11.7. The van der Waals surface area contributed by atoms with Crippen LogP contribution in [-0.2, 0) is 0 Å². The van der Waals surface area contributed by atoms with Crippen LogP contribution in [0.3, 0.4) is 0 Å². The SMILES string of the molecule is Cc1ccc(C(=O)N/C(=C/Sc2ccc(Cl)cc2)[P+](c2ccccc2)(c2ccccc2)c2ccccc2)cc1. The maximum atomic E-state index is 13.8. The maximum absolute atomic E-state index is 13.8. The lowest BCUT2D eigenvalue weighted by Gasteiger charge is -2.29. The van der Waals surface area contributed by atoms with E-state index in [1.165, 1.54) is 0 Å². The molecule has 0 radical (unpaired) electrons. The van der Waals surface area contributed by atoms with Crippen LogP contribution in [-0.4, -0.2) is 5.91 Å². The molecule has 0 aromatic heterocycles. The van der Waals surface area contributed by atoms with Gasteiger partial charge in [-0.05, 0) is 79.7 Å². The van der Waals surface area contributed by atoms with Gasteiger partial charge in [0.25, 0.3) is 5.91 Å². The first kappa shape index (κ1) is 27.0. The fourth-order valence-electron chi connectivity index (χ4n) is 4.54. The van der Waals surface area contributed by atoms with Crippen molar-refractivity contribution in [1.29, 1.82) is 0 Å². The predicted molar refractivity (Wildman–Crippen MR) is 169 cm³/mol. The van der Waals surface area contributed by atoms with Crippen LogP contribution in [0.1, 0.15) is 15.9 Å². The third-order valence-electron chi connectivity index (χ3n) is 6.47. The summed E-state index contributed by atoms with van der Waals surface area (Å²) in [6.07, 6.45) is 0. The summed E-state index contributed by atoms with van der Waals surface area (Å²) in [6.45, 7) is 2.02. The lowest BCUT2D eigenvalue weighted by molar-refractivity contribution is 0.0968. The molecule has 0 heterocycles. The molecule has 0 aliphatic heterocycles. The number of carbonyl (C=O) groups excluding carboxylic acids is 1. The number of amides is 1. The highest BCUT2D eigenvalue weighted by molar-refractivity contribution is 8.04. The Morgan fingerprint density at radius 3 is 1.59 bits per heavy atom. The van der Waals surface area contributed by atoms with E-state index in [1.807, 2.05) is 73.7 Å². The Morgan fingerprint density at radius 1 is 0.667 bits per heavy atom. The molecule has 0 aliphatic rings. The van der Waals surface area contributed by atoms with E-state index < -0.39 is 7.26 Å². The molecule has 0 saturated heterocycles. The molecule has 1 amide bonds. The molecule has 0 fully saturated rings. The first-order valence-electron chi connectivity index (χ1n) is 12.6. The van der Waals surface area contributed by atoms with Gasteiger partial charge in [0.15, 0.2) is 12.7 Å². The average molecular weight is 565 g/mol. The quantitative estimate of drug-likeness (QED) is 0.153. The molecule has 192 valence electrons. The highest BCUT2D eigenvalue weighted by atomic mass is 35.5. The Bertz CT molecular complexity index is 1460. The van der Waals surface area contributed by atoms with E-state index in [4.69, 9.17) is 11.6 Å². The summed E-state index contributed by atoms with van der Waals surface area (Å²) in [5.41, 5.74) is 2.60. The van der Waals surface area contributed by atoms with Gasteiger partial charge in [-0.15, -0.1) is 0 Å². The minimum Gasteiger partial charge on any atom is -0.291 e. The number of halogens is 1. The molecular weight excluding hydrogens is 537 g/mol. The van der Waals surface area contributed by atoms with Crippen molar-refractivity contribution >= 4 is 52.4 Å². The number of hydrogen-bond donors (Lipinski definition) is 1. The molecule has 0 bridgehead atoms. The van der Waals surface area contributed by atoms with Crippen molar-refractivity contribution in [2.45, 2.75) is 11.8 Å². The molecule has 0 atom stereocenters. The molecule has 5 aromatic rings. The minimum absolute atomic E-state index is 0.134. The van der Waals surface area contributed by atoms with Gasteiger partial charge in [0.05, 0.1) is 0 Å². The lowest BCUT2D eigenvalue weighted by atomic mass is 10.1. The zero-order valence-corrected chi connectivity index (χ0v) is 24.0. The predicted octanol–water partition coefficient (Wildman–Crippen LogP) is 7.96. The average Bonchev–Trinajstić information content (AvgIpc) is 2.99. The van der Waals surface area contributed by atoms with Gasteiger partial charge in [-0.3, -0.25) is 10.1 Å². The van der Waals surface area contributed by atoms with E-state index in [1.54, 1.807) is 11.8 Å². The number of aryl methyl sites for hydroxylation is 1. The Morgan fingerprint density at radius 2 is 1.13 bits per heavy atom. The molecular formula is C34H28ClNOPS+. The number of carbonyl (C=O) groups is 1. The van der Waals surface area contributed by atoms with Gasteiger partial charge in [-0.25, -0.2) is 0 Å². The molecule has 0 saturated carbocycles. The third-order valence-corrected chi connectivity index (χ3v) is 12.0. The molecule has 2 nitrogen and oxygen atoms in total. The van der Waals surface area contributed by atoms with Crippen molar-refractivity contribution in [3.8, 4) is 0 Å². The number of rotatable bonds is 8. The zero-order chi connectivity index (χ0) is 27.1. The van der Waals surface area contributed by atoms with Gasteiger partial charge >= 0.3 is 0 Å². The van der Waals surface area contributed by atoms with Crippen LogP contribution in [0.2, 0.25) is 5.02 Å². The molecule has 0 spiro atoms. The highest BCUT2D eigenvalue weighted by Crippen LogP contribution is 2.62. The Labute approximate surface area is 240 Å². The van der Waals surface area contributed by atoms with Crippen LogP contribution in [0, 0.1) is 6.92 Å². The first-order chi connectivity index (χ1) is 19.1. The van der Waals surface area contributed by atoms with Crippen LogP contribution < -0.4 is 21.2 Å². The molecule has 0 unspecified atom stereocenters. The van der Waals surface area contributed by atoms with E-state index in [0.29, 0.717) is 10.6 Å². The molecule has 5 rings (SSSR count). The van der Waals surface area contributed by atoms with Crippen LogP contribution in [0.25, 0.3) is 0 Å². The molecule has 5 heteroatoms. The van der Waals surface area contributed by atoms with Gasteiger partial charge < -0.3 is 0 Å². The smallest absolute Gasteiger partial charge is 0.258 e. The fraction of sp³-hybridized carbons (Fsp3) is 0.0294. The first-order valence-corrected chi connectivity index (χ1v) is 15.7. The van der Waals surface area contributed by atoms with Gasteiger partial charge in [0.1, 0.15) is 15.9 Å². The third kappa shape index (κ3) is 6.02. The van der Waals surface area contributed by atoms with Crippen LogP contribution in [0.4, 0.5) is 0 Å². The summed E-state index contributed by atoms with van der Waals surface area (Å²) in [6, 6.07) is 47.0. The summed E-state index contributed by atoms with van der Waals surface area (Å²) in [5.74, 6) is -0.134. The summed E-state index contributed by atoms with van der Waals surface area (Å²) in [7, 11) is -2.51. The Balaban J connectivity index is 1.75. The van der Waals surface area contributed by atoms with Crippen molar-refractivity contribution in [3.05, 3.63) is 167 Å². The van der Waals surface area contributed by atoms with E-state index in [0.717, 1.165) is 31.8 Å². The number of hydrogen-bond acceptors (Lipinski definition) is 2. The van der Waals surface area contributed by atoms with Crippen molar-refractivity contribution in [3.63, 3.8) is 0 Å². The minimum atomic E-state index is -2.51. The second-order valence-corrected chi connectivity index (χ2v) is 13.8. The van der Waals surface area contributed by atoms with Crippen LogP contribution in [0.15, 0.2) is 155 Å². The van der Waals surface area contributed by atoms with E-state index in [2.05, 4.69) is 83.5 Å². The van der Waals surface area contributed by atoms with Gasteiger partial charge in [0.2, 0.25) is 0 Å². The molecule has 39 heavy (non-hydrogen) atoms. The molecule has 1 N–H and O–H groups in total. The Kier molecular flexibility index (Phi) is 8.64. The van der Waals surface area contributed by atoms with E-state index in [-0.39, 0.29) is 5.91 Å². The highest BCUT2D eigenvalue weighted by Gasteiger charge is 2.50. The van der Waals surface area contributed by atoms with E-state index >= 15 is 0 Å². The van der Waals surface area contributed by atoms with Gasteiger partial charge in [-0.2, -0.15) is 0 Å². The summed E-state index contributed by atoms with van der Waals surface area (Å²) >= 11 is 7.74. The van der Waals surface area contributed by atoms with Crippen molar-refractivity contribution in [1.82, 2.24) is 5.32 Å². The Hall–Kier alpha value is -3.62. The van der Waals surface area contributed by atoms with Gasteiger partial charge in [0, 0.05) is 20.9 Å². The summed E-state index contributed by atoms with van der Waals surface area (Å²) in [4.78, 5) is 14.8. The van der Waals surface area contributed by atoms with Crippen LogP contribution in [0.5, 0.6) is 0 Å². The number of benzene rings is 5. The molecule has 5 aromatic carbocycles. The maximum Gasteiger partial charge on any atom is 0.258 e.